The van der Waals surface area contributed by atoms with Gasteiger partial charge >= 0.3 is 0 Å². The molecule has 3 aromatic rings. The van der Waals surface area contributed by atoms with Gasteiger partial charge in [0.1, 0.15) is 27.9 Å². The SMILES string of the molecule is Cc1nc(C2CCNC3(CC3)C2)c2[nH]c(N)c(S(=O)(=O)c3cccc(F)c3)c2n1. The Labute approximate surface area is 167 Å². The largest absolute Gasteiger partial charge is 0.384 e. The second-order valence-electron chi connectivity index (χ2n) is 8.11. The first-order valence-electron chi connectivity index (χ1n) is 9.70. The number of hydrogen-bond donors (Lipinski definition) is 3. The number of aromatic amines is 1. The fourth-order valence-corrected chi connectivity index (χ4v) is 5.95. The molecule has 2 aliphatic rings. The molecule has 4 N–H and O–H groups in total. The summed E-state index contributed by atoms with van der Waals surface area (Å²) in [6.07, 6.45) is 4.19. The van der Waals surface area contributed by atoms with Gasteiger partial charge in [-0.05, 0) is 57.4 Å². The summed E-state index contributed by atoms with van der Waals surface area (Å²) in [5.74, 6) is 0.0668. The molecular weight excluding hydrogens is 393 g/mol. The Morgan fingerprint density at radius 2 is 2.07 bits per heavy atom. The van der Waals surface area contributed by atoms with Gasteiger partial charge in [0.2, 0.25) is 9.84 Å². The van der Waals surface area contributed by atoms with E-state index in [1.807, 2.05) is 0 Å². The maximum atomic E-state index is 13.7. The number of piperidine rings is 1. The van der Waals surface area contributed by atoms with Crippen molar-refractivity contribution in [3.05, 3.63) is 41.6 Å². The number of fused-ring (bicyclic) bond motifs is 1. The molecule has 0 bridgehead atoms. The minimum absolute atomic E-state index is 0.000445. The van der Waals surface area contributed by atoms with E-state index in [2.05, 4.69) is 20.3 Å². The summed E-state index contributed by atoms with van der Waals surface area (Å²) < 4.78 is 40.2. The predicted octanol–water partition coefficient (Wildman–Crippen LogP) is 2.82. The molecule has 1 saturated heterocycles. The van der Waals surface area contributed by atoms with E-state index >= 15 is 0 Å². The van der Waals surface area contributed by atoms with E-state index in [0.717, 1.165) is 44.0 Å². The number of nitrogens with zero attached hydrogens (tertiary/aromatic N) is 2. The van der Waals surface area contributed by atoms with Crippen LogP contribution in [-0.4, -0.2) is 35.5 Å². The van der Waals surface area contributed by atoms with E-state index in [9.17, 15) is 12.8 Å². The molecule has 3 heterocycles. The van der Waals surface area contributed by atoms with E-state index in [4.69, 9.17) is 5.73 Å². The summed E-state index contributed by atoms with van der Waals surface area (Å²) in [6, 6.07) is 4.91. The number of sulfone groups is 1. The van der Waals surface area contributed by atoms with Crippen molar-refractivity contribution in [3.8, 4) is 0 Å². The number of aryl methyl sites for hydroxylation is 1. The monoisotopic (exact) mass is 415 g/mol. The number of nitrogens with two attached hydrogens (primary N) is 1. The Kier molecular flexibility index (Phi) is 3.98. The second-order valence-corrected chi connectivity index (χ2v) is 9.99. The third-order valence-corrected chi connectivity index (χ3v) is 7.84. The third-order valence-electron chi connectivity index (χ3n) is 6.01. The molecule has 5 rings (SSSR count). The number of hydrogen-bond acceptors (Lipinski definition) is 6. The van der Waals surface area contributed by atoms with Crippen LogP contribution in [0, 0.1) is 12.7 Å². The first kappa shape index (κ1) is 18.5. The summed E-state index contributed by atoms with van der Waals surface area (Å²) in [5, 5.41) is 3.59. The predicted molar refractivity (Wildman–Crippen MR) is 107 cm³/mol. The van der Waals surface area contributed by atoms with Gasteiger partial charge in [-0.2, -0.15) is 0 Å². The van der Waals surface area contributed by atoms with Crippen LogP contribution < -0.4 is 11.1 Å². The molecule has 1 atom stereocenters. The standard InChI is InChI=1S/C20H22FN5O2S/c1-11-24-15(12-5-8-23-20(10-12)6-7-20)16-17(25-11)18(19(22)26-16)29(27,28)14-4-2-3-13(21)9-14/h2-4,9,12,23,26H,5-8,10,22H2,1H3. The van der Waals surface area contributed by atoms with E-state index < -0.39 is 15.7 Å². The minimum atomic E-state index is -4.05. The van der Waals surface area contributed by atoms with Crippen molar-refractivity contribution in [1.29, 1.82) is 0 Å². The van der Waals surface area contributed by atoms with Gasteiger partial charge in [-0.25, -0.2) is 22.8 Å². The maximum Gasteiger partial charge on any atom is 0.212 e. The quantitative estimate of drug-likeness (QED) is 0.606. The van der Waals surface area contributed by atoms with Gasteiger partial charge in [0.15, 0.2) is 0 Å². The molecule has 1 unspecified atom stereocenters. The molecule has 7 nitrogen and oxygen atoms in total. The van der Waals surface area contributed by atoms with Crippen LogP contribution >= 0.6 is 0 Å². The highest BCUT2D eigenvalue weighted by atomic mass is 32.2. The van der Waals surface area contributed by atoms with Gasteiger partial charge < -0.3 is 16.0 Å². The molecule has 29 heavy (non-hydrogen) atoms. The van der Waals surface area contributed by atoms with E-state index in [-0.39, 0.29) is 32.6 Å². The Balaban J connectivity index is 1.68. The Hall–Kier alpha value is -2.52. The van der Waals surface area contributed by atoms with Gasteiger partial charge in [-0.1, -0.05) is 6.07 Å². The van der Waals surface area contributed by atoms with Crippen LogP contribution in [0.2, 0.25) is 0 Å². The van der Waals surface area contributed by atoms with Crippen LogP contribution in [0.25, 0.3) is 11.0 Å². The number of halogens is 1. The van der Waals surface area contributed by atoms with Gasteiger partial charge in [0, 0.05) is 11.5 Å². The van der Waals surface area contributed by atoms with E-state index in [0.29, 0.717) is 11.3 Å². The van der Waals surface area contributed by atoms with E-state index in [1.54, 1.807) is 6.92 Å². The number of aromatic nitrogens is 3. The summed E-state index contributed by atoms with van der Waals surface area (Å²) >= 11 is 0. The Morgan fingerprint density at radius 1 is 1.28 bits per heavy atom. The summed E-state index contributed by atoms with van der Waals surface area (Å²) in [7, 11) is -4.05. The van der Waals surface area contributed by atoms with Crippen molar-refractivity contribution in [3.63, 3.8) is 0 Å². The average molecular weight is 415 g/mol. The topological polar surface area (TPSA) is 114 Å². The number of rotatable bonds is 3. The molecule has 1 spiro atoms. The normalized spacial score (nSPS) is 21.0. The molecule has 1 aliphatic carbocycles. The molecule has 152 valence electrons. The minimum Gasteiger partial charge on any atom is -0.384 e. The van der Waals surface area contributed by atoms with Crippen LogP contribution in [0.1, 0.15) is 43.1 Å². The zero-order chi connectivity index (χ0) is 20.4. The molecule has 2 aromatic heterocycles. The lowest BCUT2D eigenvalue weighted by molar-refractivity contribution is 0.343. The van der Waals surface area contributed by atoms with Crippen molar-refractivity contribution in [1.82, 2.24) is 20.3 Å². The molecule has 1 aliphatic heterocycles. The Morgan fingerprint density at radius 3 is 2.79 bits per heavy atom. The first-order chi connectivity index (χ1) is 13.8. The van der Waals surface area contributed by atoms with Crippen molar-refractivity contribution < 1.29 is 12.8 Å². The molecule has 0 amide bonds. The number of benzene rings is 1. The summed E-state index contributed by atoms with van der Waals surface area (Å²) in [6.45, 7) is 2.65. The fourth-order valence-electron chi connectivity index (χ4n) is 4.44. The smallest absolute Gasteiger partial charge is 0.212 e. The lowest BCUT2D eigenvalue weighted by atomic mass is 9.87. The van der Waals surface area contributed by atoms with Crippen molar-refractivity contribution in [2.45, 2.75) is 53.9 Å². The van der Waals surface area contributed by atoms with Crippen LogP contribution in [0.5, 0.6) is 0 Å². The van der Waals surface area contributed by atoms with Crippen molar-refractivity contribution >= 4 is 26.7 Å². The second kappa shape index (κ2) is 6.24. The molecular formula is C20H22FN5O2S. The van der Waals surface area contributed by atoms with Crippen LogP contribution in [0.15, 0.2) is 34.1 Å². The highest BCUT2D eigenvalue weighted by Crippen LogP contribution is 2.48. The molecule has 0 radical (unpaired) electrons. The van der Waals surface area contributed by atoms with Crippen molar-refractivity contribution in [2.24, 2.45) is 0 Å². The van der Waals surface area contributed by atoms with E-state index in [1.165, 1.54) is 18.2 Å². The lowest BCUT2D eigenvalue weighted by Gasteiger charge is -2.30. The number of nitrogens with one attached hydrogen (secondary N) is 2. The van der Waals surface area contributed by atoms with Gasteiger partial charge in [0.25, 0.3) is 0 Å². The average Bonchev–Trinajstić information content (AvgIpc) is 3.31. The molecule has 1 aromatic carbocycles. The lowest BCUT2D eigenvalue weighted by Crippen LogP contribution is -2.39. The first-order valence-corrected chi connectivity index (χ1v) is 11.2. The zero-order valence-corrected chi connectivity index (χ0v) is 16.8. The summed E-state index contributed by atoms with van der Waals surface area (Å²) in [5.41, 5.74) is 7.97. The molecule has 9 heteroatoms. The zero-order valence-electron chi connectivity index (χ0n) is 16.0. The highest BCUT2D eigenvalue weighted by molar-refractivity contribution is 7.92. The number of nitrogen functional groups attached to an aromatic ring is 1. The Bertz CT molecular complexity index is 1230. The highest BCUT2D eigenvalue weighted by Gasteiger charge is 2.47. The van der Waals surface area contributed by atoms with Gasteiger partial charge in [-0.15, -0.1) is 0 Å². The molecule has 1 saturated carbocycles. The molecule has 2 fully saturated rings. The fraction of sp³-hybridized carbons (Fsp3) is 0.400. The van der Waals surface area contributed by atoms with Gasteiger partial charge in [0.05, 0.1) is 16.1 Å². The van der Waals surface area contributed by atoms with Crippen LogP contribution in [0.3, 0.4) is 0 Å². The van der Waals surface area contributed by atoms with Crippen LogP contribution in [-0.2, 0) is 9.84 Å². The van der Waals surface area contributed by atoms with Crippen LogP contribution in [0.4, 0.5) is 10.2 Å². The van der Waals surface area contributed by atoms with Gasteiger partial charge in [-0.3, -0.25) is 0 Å². The number of H-pyrrole nitrogens is 1. The third kappa shape index (κ3) is 3.00. The summed E-state index contributed by atoms with van der Waals surface area (Å²) in [4.78, 5) is 11.8. The number of anilines is 1. The van der Waals surface area contributed by atoms with Crippen molar-refractivity contribution in [2.75, 3.05) is 12.3 Å². The maximum absolute atomic E-state index is 13.7.